The standard InChI is InChI=1S/C14H14ClN/c1-10(11-6-8-12(15)9-7-11)13-4-2-3-5-14(13)16/h2-10H,16H2,1H3. The van der Waals surface area contributed by atoms with Crippen molar-refractivity contribution in [2.75, 3.05) is 5.73 Å². The average molecular weight is 232 g/mol. The molecule has 0 heterocycles. The maximum atomic E-state index is 5.96. The molecule has 1 atom stereocenters. The van der Waals surface area contributed by atoms with E-state index in [0.717, 1.165) is 16.3 Å². The van der Waals surface area contributed by atoms with Crippen LogP contribution < -0.4 is 5.73 Å². The molecule has 1 nitrogen and oxygen atoms in total. The van der Waals surface area contributed by atoms with Crippen LogP contribution >= 0.6 is 11.6 Å². The largest absolute Gasteiger partial charge is 0.398 e. The van der Waals surface area contributed by atoms with E-state index in [1.807, 2.05) is 42.5 Å². The summed E-state index contributed by atoms with van der Waals surface area (Å²) in [6.45, 7) is 2.15. The van der Waals surface area contributed by atoms with Gasteiger partial charge in [-0.25, -0.2) is 0 Å². The molecule has 0 radical (unpaired) electrons. The van der Waals surface area contributed by atoms with Crippen LogP contribution in [0.15, 0.2) is 48.5 Å². The van der Waals surface area contributed by atoms with Gasteiger partial charge in [0.2, 0.25) is 0 Å². The van der Waals surface area contributed by atoms with Gasteiger partial charge < -0.3 is 5.73 Å². The molecule has 0 aliphatic rings. The summed E-state index contributed by atoms with van der Waals surface area (Å²) in [5, 5.41) is 0.761. The van der Waals surface area contributed by atoms with E-state index in [2.05, 4.69) is 13.0 Å². The summed E-state index contributed by atoms with van der Waals surface area (Å²) in [6.07, 6.45) is 0. The van der Waals surface area contributed by atoms with E-state index in [1.165, 1.54) is 5.56 Å². The van der Waals surface area contributed by atoms with Gasteiger partial charge in [0.05, 0.1) is 0 Å². The van der Waals surface area contributed by atoms with Crippen molar-refractivity contribution in [2.45, 2.75) is 12.8 Å². The fourth-order valence-electron chi connectivity index (χ4n) is 1.84. The first-order chi connectivity index (χ1) is 7.68. The minimum Gasteiger partial charge on any atom is -0.398 e. The zero-order valence-electron chi connectivity index (χ0n) is 9.15. The number of hydrogen-bond donors (Lipinski definition) is 1. The van der Waals surface area contributed by atoms with Crippen LogP contribution in [0.5, 0.6) is 0 Å². The van der Waals surface area contributed by atoms with Crippen LogP contribution in [-0.4, -0.2) is 0 Å². The third kappa shape index (κ3) is 2.20. The number of para-hydroxylation sites is 1. The van der Waals surface area contributed by atoms with Crippen molar-refractivity contribution in [1.29, 1.82) is 0 Å². The molecular formula is C14H14ClN. The maximum absolute atomic E-state index is 5.96. The van der Waals surface area contributed by atoms with Crippen LogP contribution in [0.4, 0.5) is 5.69 Å². The molecule has 0 bridgehead atoms. The van der Waals surface area contributed by atoms with Gasteiger partial charge in [0.25, 0.3) is 0 Å². The van der Waals surface area contributed by atoms with Crippen molar-refractivity contribution in [3.8, 4) is 0 Å². The SMILES string of the molecule is CC(c1ccc(Cl)cc1)c1ccccc1N. The fraction of sp³-hybridized carbons (Fsp3) is 0.143. The molecule has 0 fully saturated rings. The minimum absolute atomic E-state index is 0.290. The minimum atomic E-state index is 0.290. The number of hydrogen-bond acceptors (Lipinski definition) is 1. The molecule has 2 heteroatoms. The van der Waals surface area contributed by atoms with E-state index in [1.54, 1.807) is 0 Å². The average Bonchev–Trinajstić information content (AvgIpc) is 2.30. The number of nitrogens with two attached hydrogens (primary N) is 1. The Morgan fingerprint density at radius 1 is 1.00 bits per heavy atom. The number of halogens is 1. The molecule has 2 aromatic carbocycles. The monoisotopic (exact) mass is 231 g/mol. The van der Waals surface area contributed by atoms with Gasteiger partial charge in [0, 0.05) is 16.6 Å². The van der Waals surface area contributed by atoms with Crippen LogP contribution in [0, 0.1) is 0 Å². The van der Waals surface area contributed by atoms with Gasteiger partial charge in [0.15, 0.2) is 0 Å². The van der Waals surface area contributed by atoms with Gasteiger partial charge in [-0.2, -0.15) is 0 Å². The lowest BCUT2D eigenvalue weighted by Crippen LogP contribution is -2.00. The van der Waals surface area contributed by atoms with E-state index in [4.69, 9.17) is 17.3 Å². The maximum Gasteiger partial charge on any atom is 0.0406 e. The number of nitrogen functional groups attached to an aromatic ring is 1. The lowest BCUT2D eigenvalue weighted by Gasteiger charge is -2.14. The van der Waals surface area contributed by atoms with Gasteiger partial charge in [-0.05, 0) is 29.3 Å². The molecule has 0 aliphatic heterocycles. The van der Waals surface area contributed by atoms with E-state index in [9.17, 15) is 0 Å². The second kappa shape index (κ2) is 4.58. The van der Waals surface area contributed by atoms with Crippen molar-refractivity contribution >= 4 is 17.3 Å². The number of benzene rings is 2. The topological polar surface area (TPSA) is 26.0 Å². The molecule has 2 rings (SSSR count). The smallest absolute Gasteiger partial charge is 0.0406 e. The predicted octanol–water partition coefficient (Wildman–Crippen LogP) is 4.07. The van der Waals surface area contributed by atoms with E-state index < -0.39 is 0 Å². The Bertz CT molecular complexity index is 476. The highest BCUT2D eigenvalue weighted by Crippen LogP contribution is 2.28. The fourth-order valence-corrected chi connectivity index (χ4v) is 1.96. The molecule has 2 aromatic rings. The van der Waals surface area contributed by atoms with Crippen LogP contribution in [0.2, 0.25) is 5.02 Å². The highest BCUT2D eigenvalue weighted by atomic mass is 35.5. The molecule has 0 spiro atoms. The molecule has 0 saturated carbocycles. The quantitative estimate of drug-likeness (QED) is 0.775. The first kappa shape index (κ1) is 11.0. The van der Waals surface area contributed by atoms with Gasteiger partial charge in [-0.15, -0.1) is 0 Å². The summed E-state index contributed by atoms with van der Waals surface area (Å²) >= 11 is 5.87. The second-order valence-corrected chi connectivity index (χ2v) is 4.34. The first-order valence-electron chi connectivity index (χ1n) is 5.28. The molecule has 2 N–H and O–H groups in total. The normalized spacial score (nSPS) is 12.4. The van der Waals surface area contributed by atoms with Gasteiger partial charge in [0.1, 0.15) is 0 Å². The Morgan fingerprint density at radius 3 is 2.25 bits per heavy atom. The number of rotatable bonds is 2. The Balaban J connectivity index is 2.35. The third-order valence-electron chi connectivity index (χ3n) is 2.83. The molecule has 0 saturated heterocycles. The van der Waals surface area contributed by atoms with Crippen LogP contribution in [0.25, 0.3) is 0 Å². The Morgan fingerprint density at radius 2 is 1.62 bits per heavy atom. The molecule has 1 unspecified atom stereocenters. The van der Waals surface area contributed by atoms with Crippen LogP contribution in [-0.2, 0) is 0 Å². The van der Waals surface area contributed by atoms with E-state index >= 15 is 0 Å². The van der Waals surface area contributed by atoms with Crippen LogP contribution in [0.1, 0.15) is 24.0 Å². The lowest BCUT2D eigenvalue weighted by molar-refractivity contribution is 0.926. The van der Waals surface area contributed by atoms with Gasteiger partial charge in [-0.3, -0.25) is 0 Å². The van der Waals surface area contributed by atoms with Crippen molar-refractivity contribution in [2.24, 2.45) is 0 Å². The zero-order chi connectivity index (χ0) is 11.5. The van der Waals surface area contributed by atoms with Crippen molar-refractivity contribution in [1.82, 2.24) is 0 Å². The van der Waals surface area contributed by atoms with Crippen molar-refractivity contribution in [3.05, 3.63) is 64.7 Å². The summed E-state index contributed by atoms with van der Waals surface area (Å²) in [5.41, 5.74) is 9.18. The Hall–Kier alpha value is -1.47. The lowest BCUT2D eigenvalue weighted by atomic mass is 9.92. The molecular weight excluding hydrogens is 218 g/mol. The van der Waals surface area contributed by atoms with Crippen LogP contribution in [0.3, 0.4) is 0 Å². The zero-order valence-corrected chi connectivity index (χ0v) is 9.91. The third-order valence-corrected chi connectivity index (χ3v) is 3.08. The molecule has 0 aromatic heterocycles. The van der Waals surface area contributed by atoms with Gasteiger partial charge >= 0.3 is 0 Å². The predicted molar refractivity (Wildman–Crippen MR) is 69.8 cm³/mol. The molecule has 82 valence electrons. The summed E-state index contributed by atoms with van der Waals surface area (Å²) in [6, 6.07) is 15.9. The summed E-state index contributed by atoms with van der Waals surface area (Å²) < 4.78 is 0. The Kier molecular flexibility index (Phi) is 3.16. The van der Waals surface area contributed by atoms with E-state index in [-0.39, 0.29) is 0 Å². The van der Waals surface area contributed by atoms with E-state index in [0.29, 0.717) is 5.92 Å². The summed E-state index contributed by atoms with van der Waals surface area (Å²) in [5.74, 6) is 0.290. The first-order valence-corrected chi connectivity index (χ1v) is 5.66. The summed E-state index contributed by atoms with van der Waals surface area (Å²) in [7, 11) is 0. The Labute approximate surface area is 101 Å². The highest BCUT2D eigenvalue weighted by molar-refractivity contribution is 6.30. The van der Waals surface area contributed by atoms with Gasteiger partial charge in [-0.1, -0.05) is 48.9 Å². The molecule has 16 heavy (non-hydrogen) atoms. The van der Waals surface area contributed by atoms with Crippen molar-refractivity contribution < 1.29 is 0 Å². The van der Waals surface area contributed by atoms with Crippen molar-refractivity contribution in [3.63, 3.8) is 0 Å². The summed E-state index contributed by atoms with van der Waals surface area (Å²) in [4.78, 5) is 0. The highest BCUT2D eigenvalue weighted by Gasteiger charge is 2.10. The molecule has 0 aliphatic carbocycles. The molecule has 0 amide bonds. The number of anilines is 1. The second-order valence-electron chi connectivity index (χ2n) is 3.90.